The molecule has 1 aliphatic heterocycles. The van der Waals surface area contributed by atoms with E-state index >= 15 is 0 Å². The van der Waals surface area contributed by atoms with E-state index in [0.717, 1.165) is 54.9 Å². The zero-order valence-corrected chi connectivity index (χ0v) is 18.7. The van der Waals surface area contributed by atoms with Crippen molar-refractivity contribution in [2.45, 2.75) is 39.0 Å². The van der Waals surface area contributed by atoms with Gasteiger partial charge in [-0.2, -0.15) is 0 Å². The van der Waals surface area contributed by atoms with Crippen LogP contribution in [0.15, 0.2) is 67.0 Å². The maximum Gasteiger partial charge on any atom is 0.159 e. The fraction of sp³-hybridized carbons (Fsp3) is 0.286. The minimum atomic E-state index is 0.0813. The van der Waals surface area contributed by atoms with E-state index in [2.05, 4.69) is 46.6 Å². The second-order valence-corrected chi connectivity index (χ2v) is 8.75. The van der Waals surface area contributed by atoms with Crippen molar-refractivity contribution < 1.29 is 9.53 Å². The number of pyridine rings is 1. The molecule has 2 aromatic carbocycles. The third-order valence-corrected chi connectivity index (χ3v) is 6.61. The summed E-state index contributed by atoms with van der Waals surface area (Å²) in [5, 5.41) is 0. The SMILES string of the molecule is CC(=O)c1ccc(-c2ccc(Cc3ccc(C4CCOCC4)c(C)c3)c3nccn23)cc1. The lowest BCUT2D eigenvalue weighted by atomic mass is 9.87. The van der Waals surface area contributed by atoms with Crippen LogP contribution in [0, 0.1) is 6.92 Å². The van der Waals surface area contributed by atoms with Gasteiger partial charge in [-0.15, -0.1) is 0 Å². The van der Waals surface area contributed by atoms with Crippen molar-refractivity contribution in [3.05, 3.63) is 94.8 Å². The Bertz CT molecular complexity index is 1260. The number of benzene rings is 2. The second kappa shape index (κ2) is 8.71. The van der Waals surface area contributed by atoms with Crippen LogP contribution < -0.4 is 0 Å². The molecule has 3 heterocycles. The highest BCUT2D eigenvalue weighted by molar-refractivity contribution is 5.94. The molecule has 2 aromatic heterocycles. The molecule has 0 N–H and O–H groups in total. The third-order valence-electron chi connectivity index (χ3n) is 6.61. The molecule has 4 heteroatoms. The minimum absolute atomic E-state index is 0.0813. The zero-order valence-electron chi connectivity index (χ0n) is 18.7. The summed E-state index contributed by atoms with van der Waals surface area (Å²) in [4.78, 5) is 16.3. The van der Waals surface area contributed by atoms with Gasteiger partial charge in [-0.1, -0.05) is 48.5 Å². The maximum absolute atomic E-state index is 11.6. The number of hydrogen-bond acceptors (Lipinski definition) is 3. The summed E-state index contributed by atoms with van der Waals surface area (Å²) in [7, 11) is 0. The zero-order chi connectivity index (χ0) is 22.1. The minimum Gasteiger partial charge on any atom is -0.381 e. The van der Waals surface area contributed by atoms with Crippen LogP contribution >= 0.6 is 0 Å². The van der Waals surface area contributed by atoms with Crippen LogP contribution in [0.3, 0.4) is 0 Å². The predicted molar refractivity (Wildman–Crippen MR) is 127 cm³/mol. The van der Waals surface area contributed by atoms with Crippen molar-refractivity contribution >= 4 is 11.4 Å². The van der Waals surface area contributed by atoms with Crippen LogP contribution in [0.4, 0.5) is 0 Å². The molecule has 0 amide bonds. The average molecular weight is 425 g/mol. The number of carbonyl (C=O) groups excluding carboxylic acids is 1. The standard InChI is InChI=1S/C28H28N2O2/c1-19-17-21(3-9-26(19)23-11-15-32-16-12-23)18-25-8-10-27(30-14-13-29-28(25)30)24-6-4-22(5-7-24)20(2)31/h3-10,13-14,17,23H,11-12,15-16,18H2,1-2H3. The largest absolute Gasteiger partial charge is 0.381 e. The van der Waals surface area contributed by atoms with Gasteiger partial charge in [-0.3, -0.25) is 9.20 Å². The molecule has 1 saturated heterocycles. The number of nitrogens with zero attached hydrogens (tertiary/aromatic N) is 2. The maximum atomic E-state index is 11.6. The fourth-order valence-corrected chi connectivity index (χ4v) is 4.85. The Labute approximate surface area is 188 Å². The van der Waals surface area contributed by atoms with E-state index in [1.165, 1.54) is 22.3 Å². The summed E-state index contributed by atoms with van der Waals surface area (Å²) >= 11 is 0. The molecule has 5 rings (SSSR count). The highest BCUT2D eigenvalue weighted by Gasteiger charge is 2.18. The predicted octanol–water partition coefficient (Wildman–Crippen LogP) is 6.00. The van der Waals surface area contributed by atoms with E-state index in [1.807, 2.05) is 36.7 Å². The molecule has 1 aliphatic rings. The Morgan fingerprint density at radius 2 is 1.84 bits per heavy atom. The smallest absolute Gasteiger partial charge is 0.159 e. The Kier molecular flexibility index (Phi) is 5.62. The van der Waals surface area contributed by atoms with Gasteiger partial charge in [-0.25, -0.2) is 4.98 Å². The highest BCUT2D eigenvalue weighted by Crippen LogP contribution is 2.31. The van der Waals surface area contributed by atoms with Gasteiger partial charge in [0.2, 0.25) is 0 Å². The lowest BCUT2D eigenvalue weighted by Gasteiger charge is -2.24. The van der Waals surface area contributed by atoms with Crippen molar-refractivity contribution in [3.8, 4) is 11.3 Å². The normalized spacial score (nSPS) is 14.7. The van der Waals surface area contributed by atoms with Gasteiger partial charge >= 0.3 is 0 Å². The first-order valence-electron chi connectivity index (χ1n) is 11.3. The third kappa shape index (κ3) is 3.98. The molecule has 4 nitrogen and oxygen atoms in total. The molecular weight excluding hydrogens is 396 g/mol. The summed E-state index contributed by atoms with van der Waals surface area (Å²) in [6.45, 7) is 5.56. The van der Waals surface area contributed by atoms with Gasteiger partial charge in [0.15, 0.2) is 5.78 Å². The topological polar surface area (TPSA) is 43.6 Å². The molecule has 32 heavy (non-hydrogen) atoms. The molecule has 4 aromatic rings. The Morgan fingerprint density at radius 3 is 2.56 bits per heavy atom. The first kappa shape index (κ1) is 20.7. The lowest BCUT2D eigenvalue weighted by Crippen LogP contribution is -2.15. The molecular formula is C28H28N2O2. The molecule has 0 spiro atoms. The number of rotatable bonds is 5. The van der Waals surface area contributed by atoms with E-state index in [0.29, 0.717) is 5.92 Å². The summed E-state index contributed by atoms with van der Waals surface area (Å²) in [5.74, 6) is 0.697. The van der Waals surface area contributed by atoms with Gasteiger partial charge in [0, 0.05) is 37.6 Å². The average Bonchev–Trinajstić information content (AvgIpc) is 3.31. The monoisotopic (exact) mass is 424 g/mol. The summed E-state index contributed by atoms with van der Waals surface area (Å²) < 4.78 is 7.67. The van der Waals surface area contributed by atoms with Gasteiger partial charge in [0.25, 0.3) is 0 Å². The van der Waals surface area contributed by atoms with Gasteiger partial charge in [0.05, 0.1) is 5.69 Å². The van der Waals surface area contributed by atoms with Crippen molar-refractivity contribution in [2.75, 3.05) is 13.2 Å². The molecule has 0 saturated carbocycles. The number of carbonyl (C=O) groups is 1. The van der Waals surface area contributed by atoms with Crippen LogP contribution in [-0.2, 0) is 11.2 Å². The quantitative estimate of drug-likeness (QED) is 0.369. The number of imidazole rings is 1. The van der Waals surface area contributed by atoms with E-state index in [1.54, 1.807) is 6.92 Å². The molecule has 0 bridgehead atoms. The number of Topliss-reactive ketones (excluding diaryl/α,β-unsaturated/α-hetero) is 1. The molecule has 0 aliphatic carbocycles. The number of ketones is 1. The van der Waals surface area contributed by atoms with Crippen molar-refractivity contribution in [2.24, 2.45) is 0 Å². The van der Waals surface area contributed by atoms with Crippen LogP contribution in [0.1, 0.15) is 58.3 Å². The van der Waals surface area contributed by atoms with Crippen molar-refractivity contribution in [1.29, 1.82) is 0 Å². The van der Waals surface area contributed by atoms with Crippen LogP contribution in [0.2, 0.25) is 0 Å². The molecule has 0 unspecified atom stereocenters. The van der Waals surface area contributed by atoms with E-state index in [4.69, 9.17) is 4.74 Å². The van der Waals surface area contributed by atoms with E-state index < -0.39 is 0 Å². The Balaban J connectivity index is 1.43. The number of ether oxygens (including phenoxy) is 1. The van der Waals surface area contributed by atoms with Crippen LogP contribution in [-0.4, -0.2) is 28.4 Å². The number of aromatic nitrogens is 2. The van der Waals surface area contributed by atoms with Crippen molar-refractivity contribution in [3.63, 3.8) is 0 Å². The van der Waals surface area contributed by atoms with Gasteiger partial charge < -0.3 is 4.74 Å². The molecule has 162 valence electrons. The van der Waals surface area contributed by atoms with E-state index in [9.17, 15) is 4.79 Å². The van der Waals surface area contributed by atoms with Gasteiger partial charge in [0.1, 0.15) is 5.65 Å². The Hall–Kier alpha value is -3.24. The first-order chi connectivity index (χ1) is 15.6. The molecule has 1 fully saturated rings. The Morgan fingerprint density at radius 1 is 1.06 bits per heavy atom. The van der Waals surface area contributed by atoms with Crippen LogP contribution in [0.5, 0.6) is 0 Å². The summed E-state index contributed by atoms with van der Waals surface area (Å²) in [5.41, 5.74) is 9.20. The van der Waals surface area contributed by atoms with Crippen LogP contribution in [0.25, 0.3) is 16.9 Å². The number of hydrogen-bond donors (Lipinski definition) is 0. The lowest BCUT2D eigenvalue weighted by molar-refractivity contribution is 0.0852. The second-order valence-electron chi connectivity index (χ2n) is 8.75. The first-order valence-corrected chi connectivity index (χ1v) is 11.3. The number of fused-ring (bicyclic) bond motifs is 1. The molecule has 0 radical (unpaired) electrons. The van der Waals surface area contributed by atoms with Crippen molar-refractivity contribution in [1.82, 2.24) is 9.38 Å². The highest BCUT2D eigenvalue weighted by atomic mass is 16.5. The summed E-state index contributed by atoms with van der Waals surface area (Å²) in [6, 6.07) is 19.0. The molecule has 0 atom stereocenters. The van der Waals surface area contributed by atoms with Gasteiger partial charge in [-0.05, 0) is 66.5 Å². The fourth-order valence-electron chi connectivity index (χ4n) is 4.85. The number of aryl methyl sites for hydroxylation is 1. The summed E-state index contributed by atoms with van der Waals surface area (Å²) in [6.07, 6.45) is 6.94. The van der Waals surface area contributed by atoms with E-state index in [-0.39, 0.29) is 5.78 Å².